The topological polar surface area (TPSA) is 170 Å². The summed E-state index contributed by atoms with van der Waals surface area (Å²) in [7, 11) is -16.0. The number of anilines is 1. The van der Waals surface area contributed by atoms with Gasteiger partial charge >= 0.3 is 5.51 Å². The van der Waals surface area contributed by atoms with E-state index in [-0.39, 0.29) is 50.6 Å². The van der Waals surface area contributed by atoms with E-state index in [4.69, 9.17) is 29.4 Å². The van der Waals surface area contributed by atoms with Crippen molar-refractivity contribution in [3.63, 3.8) is 0 Å². The second kappa shape index (κ2) is 18.1. The van der Waals surface area contributed by atoms with Gasteiger partial charge in [0.15, 0.2) is 18.2 Å². The summed E-state index contributed by atoms with van der Waals surface area (Å²) in [5.74, 6) is -0.274. The van der Waals surface area contributed by atoms with Gasteiger partial charge in [0.05, 0.1) is 16.6 Å². The molecule has 324 valence electrons. The number of nitrogens with zero attached hydrogens (tertiary/aromatic N) is 4. The number of hydrogen-bond acceptors (Lipinski definition) is 12. The molecular weight excluding hydrogens is 820 g/mol. The highest BCUT2D eigenvalue weighted by Gasteiger charge is 2.74. The molecule has 0 unspecified atom stereocenters. The molecule has 3 heterocycles. The Morgan fingerprint density at radius 2 is 1.27 bits per heavy atom. The molecule has 3 aliphatic rings. The summed E-state index contributed by atoms with van der Waals surface area (Å²) in [5, 5.41) is 12.5. The molecule has 13 nitrogen and oxygen atoms in total. The molecule has 21 heteroatoms. The summed E-state index contributed by atoms with van der Waals surface area (Å²) < 4.78 is 92.8. The van der Waals surface area contributed by atoms with Crippen LogP contribution in [0.4, 0.5) is 19.0 Å². The van der Waals surface area contributed by atoms with Gasteiger partial charge in [0.2, 0.25) is 15.7 Å². The first kappa shape index (κ1) is 49.1. The number of nitrogens with two attached hydrogens (primary N) is 1. The molecule has 0 aromatic heterocycles. The fourth-order valence-electron chi connectivity index (χ4n) is 10.1. The van der Waals surface area contributed by atoms with Crippen LogP contribution in [0.5, 0.6) is 0 Å². The second-order valence-electron chi connectivity index (χ2n) is 18.1. The quantitative estimate of drug-likeness (QED) is 0.0795. The van der Waals surface area contributed by atoms with Gasteiger partial charge in [0.1, 0.15) is 36.9 Å². The van der Waals surface area contributed by atoms with E-state index in [1.807, 2.05) is 27.7 Å². The third-order valence-corrected chi connectivity index (χ3v) is 52.6. The number of hydrogen-bond donors (Lipinski definition) is 2. The third-order valence-electron chi connectivity index (χ3n) is 12.1. The maximum Gasteiger partial charge on any atom is 0.500 e. The standard InChI is InChI=1S/C35H68F3N5O8SSi4/c1-20(2)53(21(3)4)55(24(9)10,25(11)12)50-47-17-28-30(49-51-56(26(13)14,27(15)16)54(22(5)6)23(7)8)34(44,52(45,46)35(36,37)38)33(48-28)43-19-42-32-29(31(43)39)40-18-41-32/h18-28,30,33,44,53-54H,17,39H2,1-16H3/t28-,30-,33-,34-/m1/s1. The molecular formula is C35H68F3N5O8SSi4. The average molecular weight is 888 g/mol. The zero-order chi connectivity index (χ0) is 43.1. The number of aliphatic hydroxyl groups is 1. The lowest BCUT2D eigenvalue weighted by Crippen LogP contribution is -2.64. The summed E-state index contributed by atoms with van der Waals surface area (Å²) >= 11 is 0. The number of imidazole rings is 1. The van der Waals surface area contributed by atoms with Gasteiger partial charge in [-0.15, -0.1) is 0 Å². The van der Waals surface area contributed by atoms with E-state index in [9.17, 15) is 26.7 Å². The molecule has 4 atom stereocenters. The predicted molar refractivity (Wildman–Crippen MR) is 222 cm³/mol. The zero-order valence-electron chi connectivity index (χ0n) is 36.1. The Kier molecular flexibility index (Phi) is 15.9. The summed E-state index contributed by atoms with van der Waals surface area (Å²) in [4.78, 5) is 20.6. The molecule has 0 aromatic carbocycles. The molecule has 0 spiro atoms. The highest BCUT2D eigenvalue weighted by atomic mass is 32.2. The largest absolute Gasteiger partial charge is 0.500 e. The summed E-state index contributed by atoms with van der Waals surface area (Å²) in [6, 6.07) is 0. The lowest BCUT2D eigenvalue weighted by molar-refractivity contribution is -0.300. The molecule has 56 heavy (non-hydrogen) atoms. The van der Waals surface area contributed by atoms with Crippen molar-refractivity contribution in [2.24, 2.45) is 0 Å². The minimum atomic E-state index is -6.56. The van der Waals surface area contributed by atoms with Crippen LogP contribution in [0, 0.1) is 0 Å². The molecule has 0 aliphatic carbocycles. The Bertz CT molecular complexity index is 1640. The van der Waals surface area contributed by atoms with Crippen molar-refractivity contribution in [2.45, 2.75) is 184 Å². The molecule has 1 saturated heterocycles. The SMILES string of the molecule is CC(C)[SiH](C(C)C)[Si](OOC[C@H]1O[C@@H](n2cnc3ncnc-3c2N)[C@](O)(S(=O)(=O)C(F)(F)F)[C@@H]1OO[Si](C(C)C)(C(C)C)[SiH](C(C)C)C(C)C)(C(C)C)C(C)C. The van der Waals surface area contributed by atoms with Crippen LogP contribution in [0.25, 0.3) is 11.5 Å². The van der Waals surface area contributed by atoms with Gasteiger partial charge in [-0.2, -0.15) is 13.2 Å². The van der Waals surface area contributed by atoms with Crippen LogP contribution in [0.2, 0.25) is 44.3 Å². The highest BCUT2D eigenvalue weighted by molar-refractivity contribution is 7.93. The molecule has 0 bridgehead atoms. The number of sulfone groups is 1. The number of aromatic nitrogens is 4. The molecule has 0 aromatic rings. The maximum atomic E-state index is 14.9. The highest BCUT2D eigenvalue weighted by Crippen LogP contribution is 2.52. The van der Waals surface area contributed by atoms with E-state index in [0.29, 0.717) is 11.1 Å². The van der Waals surface area contributed by atoms with Gasteiger partial charge < -0.3 is 15.6 Å². The van der Waals surface area contributed by atoms with Crippen molar-refractivity contribution >= 4 is 48.0 Å². The fourth-order valence-corrected chi connectivity index (χ4v) is 48.7. The number of alkyl halides is 3. The first-order valence-electron chi connectivity index (χ1n) is 19.9. The van der Waals surface area contributed by atoms with Crippen LogP contribution >= 0.6 is 0 Å². The lowest BCUT2D eigenvalue weighted by atomic mass is 10.1. The molecule has 1 fully saturated rings. The minimum absolute atomic E-state index is 0.0311. The second-order valence-corrected chi connectivity index (χ2v) is 45.5. The van der Waals surface area contributed by atoms with Crippen LogP contribution in [0.3, 0.4) is 0 Å². The average Bonchev–Trinajstić information content (AvgIpc) is 3.64. The summed E-state index contributed by atoms with van der Waals surface area (Å²) in [6.45, 7) is 33.1. The normalized spacial score (nSPS) is 22.1. The van der Waals surface area contributed by atoms with Crippen LogP contribution < -0.4 is 5.73 Å². The Morgan fingerprint density at radius 3 is 1.68 bits per heavy atom. The van der Waals surface area contributed by atoms with E-state index in [2.05, 4.69) is 98.0 Å². The van der Waals surface area contributed by atoms with Gasteiger partial charge in [0.25, 0.3) is 14.8 Å². The summed E-state index contributed by atoms with van der Waals surface area (Å²) in [6.07, 6.45) is -4.18. The Morgan fingerprint density at radius 1 is 0.821 bits per heavy atom. The van der Waals surface area contributed by atoms with Gasteiger partial charge in [0, 0.05) is 0 Å². The van der Waals surface area contributed by atoms with Gasteiger partial charge in [-0.05, 0) is 22.2 Å². The Balaban J connectivity index is 2.33. The molecule has 0 amide bonds. The van der Waals surface area contributed by atoms with Crippen LogP contribution in [0.15, 0.2) is 12.7 Å². The van der Waals surface area contributed by atoms with E-state index >= 15 is 0 Å². The molecule has 3 rings (SSSR count). The van der Waals surface area contributed by atoms with E-state index in [1.54, 1.807) is 0 Å². The molecule has 3 aliphatic heterocycles. The predicted octanol–water partition coefficient (Wildman–Crippen LogP) is 7.93. The smallest absolute Gasteiger partial charge is 0.383 e. The van der Waals surface area contributed by atoms with Crippen molar-refractivity contribution in [1.82, 2.24) is 19.5 Å². The third kappa shape index (κ3) is 8.51. The monoisotopic (exact) mass is 887 g/mol. The van der Waals surface area contributed by atoms with E-state index in [1.165, 1.54) is 0 Å². The van der Waals surface area contributed by atoms with Crippen molar-refractivity contribution in [3.8, 4) is 11.5 Å². The zero-order valence-corrected chi connectivity index (χ0v) is 41.2. The van der Waals surface area contributed by atoms with Crippen LogP contribution in [-0.2, 0) is 33.5 Å². The van der Waals surface area contributed by atoms with Crippen molar-refractivity contribution < 1.29 is 50.4 Å². The first-order chi connectivity index (χ1) is 25.6. The molecule has 0 radical (unpaired) electrons. The van der Waals surface area contributed by atoms with E-state index in [0.717, 1.165) is 17.2 Å². The Hall–Kier alpha value is -1.28. The van der Waals surface area contributed by atoms with Crippen molar-refractivity contribution in [2.75, 3.05) is 12.3 Å². The Labute approximate surface area is 337 Å². The number of nitrogen functional groups attached to an aromatic ring is 1. The molecule has 0 saturated carbocycles. The maximum absolute atomic E-state index is 14.9. The van der Waals surface area contributed by atoms with Gasteiger partial charge in [-0.1, -0.05) is 133 Å². The van der Waals surface area contributed by atoms with Crippen molar-refractivity contribution in [1.29, 1.82) is 0 Å². The van der Waals surface area contributed by atoms with Gasteiger partial charge in [-0.25, -0.2) is 33.1 Å². The number of halogens is 3. The molecule has 3 N–H and O–H groups in total. The van der Waals surface area contributed by atoms with Gasteiger partial charge in [-0.3, -0.25) is 13.7 Å². The fraction of sp³-hybridized carbons (Fsp3) is 0.857. The van der Waals surface area contributed by atoms with Crippen molar-refractivity contribution in [3.05, 3.63) is 12.7 Å². The first-order valence-corrected chi connectivity index (χ1v) is 31.8. The summed E-state index contributed by atoms with van der Waals surface area (Å²) in [5.41, 5.74) is 1.55. The number of rotatable bonds is 19. The van der Waals surface area contributed by atoms with E-state index < -0.39 is 77.6 Å². The number of fused-ring (bicyclic) bond motifs is 1. The van der Waals surface area contributed by atoms with Crippen LogP contribution in [-0.4, -0.2) is 94.6 Å². The number of ether oxygens (including phenoxy) is 1. The minimum Gasteiger partial charge on any atom is -0.383 e. The lowest BCUT2D eigenvalue weighted by Gasteiger charge is -2.47. The van der Waals surface area contributed by atoms with Crippen LogP contribution in [0.1, 0.15) is 117 Å².